The van der Waals surface area contributed by atoms with Crippen molar-refractivity contribution in [3.63, 3.8) is 0 Å². The Morgan fingerprint density at radius 3 is 3.12 bits per heavy atom. The number of aryl methyl sites for hydroxylation is 1. The fraction of sp³-hybridized carbons (Fsp3) is 0.455. The van der Waals surface area contributed by atoms with Gasteiger partial charge in [0.25, 0.3) is 0 Å². The molecule has 0 saturated heterocycles. The molecule has 0 aliphatic heterocycles. The Kier molecular flexibility index (Phi) is 3.61. The summed E-state index contributed by atoms with van der Waals surface area (Å²) in [6, 6.07) is 0. The minimum absolute atomic E-state index is 0.0158. The van der Waals surface area contributed by atoms with Crippen molar-refractivity contribution < 1.29 is 4.79 Å². The second-order valence-corrected chi connectivity index (χ2v) is 5.08. The molecular formula is C11H13ClN2OS. The third kappa shape index (κ3) is 2.62. The number of hydrogen-bond acceptors (Lipinski definition) is 3. The summed E-state index contributed by atoms with van der Waals surface area (Å²) < 4.78 is 4.08. The number of nitrogens with one attached hydrogen (secondary N) is 1. The Morgan fingerprint density at radius 2 is 2.56 bits per heavy atom. The zero-order valence-electron chi connectivity index (χ0n) is 9.00. The smallest absolute Gasteiger partial charge is 0.225 e. The zero-order chi connectivity index (χ0) is 11.5. The second kappa shape index (κ2) is 4.97. The lowest BCUT2D eigenvalue weighted by Gasteiger charge is -2.07. The quantitative estimate of drug-likeness (QED) is 0.843. The molecule has 1 aliphatic carbocycles. The third-order valence-electron chi connectivity index (χ3n) is 2.60. The largest absolute Gasteiger partial charge is 0.315 e. The van der Waals surface area contributed by atoms with Crippen molar-refractivity contribution in [1.82, 2.24) is 4.37 Å². The molecule has 1 aliphatic rings. The van der Waals surface area contributed by atoms with E-state index in [-0.39, 0.29) is 5.91 Å². The Hall–Kier alpha value is -0.870. The maximum absolute atomic E-state index is 11.7. The van der Waals surface area contributed by atoms with E-state index in [4.69, 9.17) is 11.6 Å². The molecule has 0 fully saturated rings. The maximum Gasteiger partial charge on any atom is 0.225 e. The summed E-state index contributed by atoms with van der Waals surface area (Å²) in [5.41, 5.74) is 0.766. The molecule has 5 heteroatoms. The summed E-state index contributed by atoms with van der Waals surface area (Å²) in [7, 11) is 0. The molecule has 1 amide bonds. The Bertz CT molecular complexity index is 428. The highest BCUT2D eigenvalue weighted by Crippen LogP contribution is 2.30. The molecule has 1 heterocycles. The van der Waals surface area contributed by atoms with Gasteiger partial charge in [0, 0.05) is 6.42 Å². The Morgan fingerprint density at radius 1 is 1.75 bits per heavy atom. The van der Waals surface area contributed by atoms with Gasteiger partial charge in [0.2, 0.25) is 5.91 Å². The average molecular weight is 257 g/mol. The topological polar surface area (TPSA) is 42.0 Å². The van der Waals surface area contributed by atoms with Crippen LogP contribution in [0.4, 0.5) is 5.00 Å². The number of amides is 1. The van der Waals surface area contributed by atoms with Gasteiger partial charge in [0.15, 0.2) is 0 Å². The molecule has 1 unspecified atom stereocenters. The molecular weight excluding hydrogens is 244 g/mol. The van der Waals surface area contributed by atoms with Crippen LogP contribution in [0.1, 0.15) is 25.0 Å². The first-order chi connectivity index (χ1) is 7.66. The molecule has 1 atom stereocenters. The number of hydrogen-bond donors (Lipinski definition) is 1. The standard InChI is InChI=1S/C11H13ClN2OS/c1-7-10(12)11(16-14-7)13-9(15)6-8-4-2-3-5-8/h2,4,8H,3,5-6H2,1H3,(H,13,15). The summed E-state index contributed by atoms with van der Waals surface area (Å²) >= 11 is 7.22. The van der Waals surface area contributed by atoms with E-state index in [1.54, 1.807) is 0 Å². The highest BCUT2D eigenvalue weighted by atomic mass is 35.5. The van der Waals surface area contributed by atoms with Crippen LogP contribution in [0.25, 0.3) is 0 Å². The van der Waals surface area contributed by atoms with Gasteiger partial charge in [-0.15, -0.1) is 0 Å². The molecule has 0 saturated carbocycles. The van der Waals surface area contributed by atoms with E-state index in [9.17, 15) is 4.79 Å². The second-order valence-electron chi connectivity index (χ2n) is 3.93. The van der Waals surface area contributed by atoms with Crippen molar-refractivity contribution in [2.45, 2.75) is 26.2 Å². The fourth-order valence-electron chi connectivity index (χ4n) is 1.72. The van der Waals surface area contributed by atoms with E-state index >= 15 is 0 Å². The summed E-state index contributed by atoms with van der Waals surface area (Å²) in [5, 5.41) is 4.02. The number of carbonyl (C=O) groups excluding carboxylic acids is 1. The van der Waals surface area contributed by atoms with Crippen LogP contribution in [0, 0.1) is 12.8 Å². The van der Waals surface area contributed by atoms with Crippen molar-refractivity contribution in [1.29, 1.82) is 0 Å². The minimum Gasteiger partial charge on any atom is -0.315 e. The highest BCUT2D eigenvalue weighted by Gasteiger charge is 2.16. The van der Waals surface area contributed by atoms with E-state index in [0.717, 1.165) is 18.5 Å². The maximum atomic E-state index is 11.7. The summed E-state index contributed by atoms with van der Waals surface area (Å²) in [6.45, 7) is 1.83. The van der Waals surface area contributed by atoms with Gasteiger partial charge in [0.1, 0.15) is 5.00 Å². The first-order valence-corrected chi connectivity index (χ1v) is 6.40. The molecule has 0 aromatic carbocycles. The average Bonchev–Trinajstić information content (AvgIpc) is 2.83. The number of carbonyl (C=O) groups is 1. The molecule has 0 radical (unpaired) electrons. The number of halogens is 1. The van der Waals surface area contributed by atoms with Crippen LogP contribution >= 0.6 is 23.1 Å². The van der Waals surface area contributed by atoms with Gasteiger partial charge in [-0.1, -0.05) is 23.8 Å². The Balaban J connectivity index is 1.92. The summed E-state index contributed by atoms with van der Waals surface area (Å²) in [4.78, 5) is 11.7. The third-order valence-corrected chi connectivity index (χ3v) is 4.03. The molecule has 1 N–H and O–H groups in total. The van der Waals surface area contributed by atoms with Gasteiger partial charge in [-0.05, 0) is 37.2 Å². The van der Waals surface area contributed by atoms with Gasteiger partial charge >= 0.3 is 0 Å². The van der Waals surface area contributed by atoms with Crippen molar-refractivity contribution in [3.8, 4) is 0 Å². The zero-order valence-corrected chi connectivity index (χ0v) is 10.6. The number of rotatable bonds is 3. The first kappa shape index (κ1) is 11.6. The van der Waals surface area contributed by atoms with E-state index in [1.165, 1.54) is 11.5 Å². The van der Waals surface area contributed by atoms with E-state index < -0.39 is 0 Å². The van der Waals surface area contributed by atoms with Gasteiger partial charge in [-0.3, -0.25) is 4.79 Å². The summed E-state index contributed by atoms with van der Waals surface area (Å²) in [6.07, 6.45) is 6.92. The molecule has 3 nitrogen and oxygen atoms in total. The molecule has 1 aromatic rings. The van der Waals surface area contributed by atoms with Crippen LogP contribution in [0.2, 0.25) is 5.02 Å². The molecule has 0 bridgehead atoms. The van der Waals surface area contributed by atoms with E-state index in [2.05, 4.69) is 21.8 Å². The molecule has 1 aromatic heterocycles. The van der Waals surface area contributed by atoms with Crippen molar-refractivity contribution in [2.24, 2.45) is 5.92 Å². The lowest BCUT2D eigenvalue weighted by molar-refractivity contribution is -0.116. The van der Waals surface area contributed by atoms with Crippen molar-refractivity contribution in [3.05, 3.63) is 22.9 Å². The van der Waals surface area contributed by atoms with Gasteiger partial charge < -0.3 is 5.32 Å². The molecule has 2 rings (SSSR count). The van der Waals surface area contributed by atoms with Crippen molar-refractivity contribution in [2.75, 3.05) is 5.32 Å². The molecule has 86 valence electrons. The van der Waals surface area contributed by atoms with E-state index in [0.29, 0.717) is 22.4 Å². The van der Waals surface area contributed by atoms with Crippen molar-refractivity contribution >= 4 is 34.0 Å². The van der Waals surface area contributed by atoms with Gasteiger partial charge in [-0.25, -0.2) is 0 Å². The number of anilines is 1. The van der Waals surface area contributed by atoms with E-state index in [1.807, 2.05) is 6.92 Å². The highest BCUT2D eigenvalue weighted by molar-refractivity contribution is 7.11. The van der Waals surface area contributed by atoms with Crippen LogP contribution in [0.5, 0.6) is 0 Å². The number of allylic oxidation sites excluding steroid dienone is 2. The monoisotopic (exact) mass is 256 g/mol. The SMILES string of the molecule is Cc1nsc(NC(=O)CC2C=CCC2)c1Cl. The van der Waals surface area contributed by atoms with Crippen LogP contribution in [0.3, 0.4) is 0 Å². The van der Waals surface area contributed by atoms with Crippen LogP contribution in [-0.4, -0.2) is 10.3 Å². The van der Waals surface area contributed by atoms with Gasteiger partial charge in [0.05, 0.1) is 10.7 Å². The minimum atomic E-state index is 0.0158. The molecule has 0 spiro atoms. The fourth-order valence-corrected chi connectivity index (χ4v) is 2.67. The lowest BCUT2D eigenvalue weighted by atomic mass is 10.1. The first-order valence-electron chi connectivity index (χ1n) is 5.25. The number of aromatic nitrogens is 1. The Labute approximate surface area is 104 Å². The predicted molar refractivity (Wildman–Crippen MR) is 67.0 cm³/mol. The lowest BCUT2D eigenvalue weighted by Crippen LogP contribution is -2.14. The van der Waals surface area contributed by atoms with Crippen LogP contribution in [0.15, 0.2) is 12.2 Å². The molecule has 16 heavy (non-hydrogen) atoms. The number of nitrogens with zero attached hydrogens (tertiary/aromatic N) is 1. The van der Waals surface area contributed by atoms with Crippen LogP contribution < -0.4 is 5.32 Å². The van der Waals surface area contributed by atoms with Gasteiger partial charge in [-0.2, -0.15) is 4.37 Å². The predicted octanol–water partition coefficient (Wildman–Crippen LogP) is 3.40. The summed E-state index contributed by atoms with van der Waals surface area (Å²) in [5.74, 6) is 0.398. The normalized spacial score (nSPS) is 19.0. The van der Waals surface area contributed by atoms with Crippen LogP contribution in [-0.2, 0) is 4.79 Å².